The Morgan fingerprint density at radius 1 is 1.38 bits per heavy atom. The summed E-state index contributed by atoms with van der Waals surface area (Å²) < 4.78 is 20.1. The second-order valence-electron chi connectivity index (χ2n) is 5.84. The van der Waals surface area contributed by atoms with E-state index >= 15 is 0 Å². The lowest BCUT2D eigenvalue weighted by molar-refractivity contribution is 0.305. The molecular formula is C16H19BrFN9O2. The van der Waals surface area contributed by atoms with Crippen LogP contribution in [0.15, 0.2) is 38.7 Å². The Balaban J connectivity index is 1.60. The maximum atomic E-state index is 13.4. The lowest BCUT2D eigenvalue weighted by Crippen LogP contribution is -2.18. The third-order valence-corrected chi connectivity index (χ3v) is 4.38. The van der Waals surface area contributed by atoms with Crippen LogP contribution in [-0.4, -0.2) is 49.4 Å². The van der Waals surface area contributed by atoms with Gasteiger partial charge in [0.2, 0.25) is 11.7 Å². The van der Waals surface area contributed by atoms with Gasteiger partial charge in [-0.15, -0.1) is 5.10 Å². The molecule has 0 aliphatic heterocycles. The molecule has 0 saturated carbocycles. The Morgan fingerprint density at radius 3 is 3.00 bits per heavy atom. The van der Waals surface area contributed by atoms with Crippen molar-refractivity contribution in [3.05, 3.63) is 46.1 Å². The summed E-state index contributed by atoms with van der Waals surface area (Å²) in [5.41, 5.74) is 1.50. The highest BCUT2D eigenvalue weighted by Crippen LogP contribution is 2.21. The third kappa shape index (κ3) is 5.48. The quantitative estimate of drug-likeness (QED) is 0.161. The lowest BCUT2D eigenvalue weighted by Gasteiger charge is -2.08. The molecule has 11 nitrogen and oxygen atoms in total. The van der Waals surface area contributed by atoms with Crippen molar-refractivity contribution >= 4 is 33.3 Å². The van der Waals surface area contributed by atoms with Crippen LogP contribution in [0.4, 0.5) is 15.9 Å². The molecule has 0 aliphatic rings. The van der Waals surface area contributed by atoms with Crippen LogP contribution in [0.3, 0.4) is 0 Å². The van der Waals surface area contributed by atoms with E-state index in [-0.39, 0.29) is 21.8 Å². The summed E-state index contributed by atoms with van der Waals surface area (Å²) in [6.07, 6.45) is 1.85. The Kier molecular flexibility index (Phi) is 7.08. The van der Waals surface area contributed by atoms with Gasteiger partial charge in [-0.25, -0.2) is 9.02 Å². The van der Waals surface area contributed by atoms with E-state index in [9.17, 15) is 9.60 Å². The third-order valence-electron chi connectivity index (χ3n) is 3.77. The molecule has 29 heavy (non-hydrogen) atoms. The van der Waals surface area contributed by atoms with Crippen LogP contribution < -0.4 is 16.0 Å². The summed E-state index contributed by atoms with van der Waals surface area (Å²) in [6, 6.07) is 4.25. The molecule has 1 aromatic carbocycles. The van der Waals surface area contributed by atoms with Gasteiger partial charge in [0.15, 0.2) is 5.69 Å². The molecule has 3 aromatic rings. The average molecular weight is 468 g/mol. The molecule has 13 heteroatoms. The standard InChI is InChI=1S/C16H19BrFN9O2/c1-2-19-8-11-9-27(26-22-11)6-5-20-15-14(24-29-25-15)16(23-28)21-10-3-4-13(18)12(17)7-10/h3-4,7,9,19,28H,2,5-6,8H2,1H3,(H,20,25)(H,21,23). The van der Waals surface area contributed by atoms with Crippen molar-refractivity contribution < 1.29 is 14.2 Å². The number of halogens is 2. The number of amidine groups is 1. The van der Waals surface area contributed by atoms with Crippen LogP contribution in [-0.2, 0) is 13.1 Å². The van der Waals surface area contributed by atoms with Gasteiger partial charge in [0, 0.05) is 25.0 Å². The SMILES string of the molecule is CCNCc1cn(CCNc2nonc2C(=NO)Nc2ccc(F)c(Br)c2)nn1. The van der Waals surface area contributed by atoms with Gasteiger partial charge < -0.3 is 21.2 Å². The van der Waals surface area contributed by atoms with Crippen molar-refractivity contribution in [1.29, 1.82) is 0 Å². The van der Waals surface area contributed by atoms with Crippen molar-refractivity contribution in [2.75, 3.05) is 23.7 Å². The molecule has 2 heterocycles. The molecule has 0 radical (unpaired) electrons. The second kappa shape index (κ2) is 9.93. The molecule has 0 bridgehead atoms. The summed E-state index contributed by atoms with van der Waals surface area (Å²) in [7, 11) is 0. The number of benzene rings is 1. The predicted molar refractivity (Wildman–Crippen MR) is 106 cm³/mol. The molecule has 0 spiro atoms. The number of oxime groups is 1. The number of rotatable bonds is 9. The maximum Gasteiger partial charge on any atom is 0.203 e. The van der Waals surface area contributed by atoms with Gasteiger partial charge in [-0.3, -0.25) is 4.68 Å². The number of hydrogen-bond acceptors (Lipinski definition) is 9. The summed E-state index contributed by atoms with van der Waals surface area (Å²) >= 11 is 3.10. The zero-order valence-corrected chi connectivity index (χ0v) is 17.0. The monoisotopic (exact) mass is 467 g/mol. The fourth-order valence-electron chi connectivity index (χ4n) is 2.37. The van der Waals surface area contributed by atoms with E-state index in [1.54, 1.807) is 4.68 Å². The molecule has 3 rings (SSSR count). The van der Waals surface area contributed by atoms with E-state index in [0.717, 1.165) is 12.2 Å². The van der Waals surface area contributed by atoms with Crippen molar-refractivity contribution in [3.8, 4) is 0 Å². The molecule has 4 N–H and O–H groups in total. The molecule has 154 valence electrons. The average Bonchev–Trinajstić information content (AvgIpc) is 3.37. The normalized spacial score (nSPS) is 11.6. The minimum Gasteiger partial charge on any atom is -0.409 e. The van der Waals surface area contributed by atoms with Crippen molar-refractivity contribution in [1.82, 2.24) is 30.6 Å². The van der Waals surface area contributed by atoms with Gasteiger partial charge in [-0.2, -0.15) is 0 Å². The van der Waals surface area contributed by atoms with Crippen LogP contribution in [0, 0.1) is 5.82 Å². The highest BCUT2D eigenvalue weighted by molar-refractivity contribution is 9.10. The first kappa shape index (κ1) is 20.7. The van der Waals surface area contributed by atoms with E-state index in [4.69, 9.17) is 4.63 Å². The Labute approximate surface area is 173 Å². The minimum absolute atomic E-state index is 0.0130. The predicted octanol–water partition coefficient (Wildman–Crippen LogP) is 2.03. The summed E-state index contributed by atoms with van der Waals surface area (Å²) in [4.78, 5) is 0. The highest BCUT2D eigenvalue weighted by Gasteiger charge is 2.18. The first-order chi connectivity index (χ1) is 14.1. The van der Waals surface area contributed by atoms with E-state index in [2.05, 4.69) is 57.7 Å². The molecule has 0 fully saturated rings. The molecular weight excluding hydrogens is 449 g/mol. The fourth-order valence-corrected chi connectivity index (χ4v) is 2.75. The molecule has 0 aliphatic carbocycles. The van der Waals surface area contributed by atoms with E-state index < -0.39 is 5.82 Å². The van der Waals surface area contributed by atoms with Gasteiger partial charge >= 0.3 is 0 Å². The Bertz CT molecular complexity index is 975. The van der Waals surface area contributed by atoms with Gasteiger partial charge in [0.1, 0.15) is 5.82 Å². The number of anilines is 2. The smallest absolute Gasteiger partial charge is 0.203 e. The Hall–Kier alpha value is -3.06. The van der Waals surface area contributed by atoms with Gasteiger partial charge in [0.25, 0.3) is 0 Å². The van der Waals surface area contributed by atoms with E-state index in [1.807, 2.05) is 13.1 Å². The topological polar surface area (TPSA) is 138 Å². The van der Waals surface area contributed by atoms with Crippen LogP contribution in [0.25, 0.3) is 0 Å². The molecule has 0 atom stereocenters. The molecule has 0 amide bonds. The first-order valence-electron chi connectivity index (χ1n) is 8.71. The second-order valence-corrected chi connectivity index (χ2v) is 6.70. The van der Waals surface area contributed by atoms with Crippen LogP contribution in [0.2, 0.25) is 0 Å². The molecule has 0 unspecified atom stereocenters. The van der Waals surface area contributed by atoms with E-state index in [0.29, 0.717) is 25.3 Å². The summed E-state index contributed by atoms with van der Waals surface area (Å²) in [6.45, 7) is 4.50. The van der Waals surface area contributed by atoms with Gasteiger partial charge in [0.05, 0.1) is 16.7 Å². The zero-order valence-electron chi connectivity index (χ0n) is 15.4. The number of nitrogens with zero attached hydrogens (tertiary/aromatic N) is 6. The number of nitrogens with one attached hydrogen (secondary N) is 3. The number of hydrogen-bond donors (Lipinski definition) is 4. The Morgan fingerprint density at radius 2 is 2.24 bits per heavy atom. The van der Waals surface area contributed by atoms with Crippen LogP contribution in [0.5, 0.6) is 0 Å². The van der Waals surface area contributed by atoms with Crippen molar-refractivity contribution in [3.63, 3.8) is 0 Å². The summed E-state index contributed by atoms with van der Waals surface area (Å²) in [5, 5.41) is 37.3. The van der Waals surface area contributed by atoms with Gasteiger partial charge in [-0.05, 0) is 51.0 Å². The fraction of sp³-hybridized carbons (Fsp3) is 0.312. The number of aromatic nitrogens is 5. The first-order valence-corrected chi connectivity index (χ1v) is 9.50. The molecule has 0 saturated heterocycles. The zero-order chi connectivity index (χ0) is 20.6. The van der Waals surface area contributed by atoms with E-state index in [1.165, 1.54) is 18.2 Å². The van der Waals surface area contributed by atoms with Crippen LogP contribution in [0.1, 0.15) is 18.3 Å². The van der Waals surface area contributed by atoms with Gasteiger partial charge in [-0.1, -0.05) is 17.3 Å². The maximum absolute atomic E-state index is 13.4. The highest BCUT2D eigenvalue weighted by atomic mass is 79.9. The lowest BCUT2D eigenvalue weighted by atomic mass is 10.3. The van der Waals surface area contributed by atoms with Crippen molar-refractivity contribution in [2.24, 2.45) is 5.16 Å². The molecule has 2 aromatic heterocycles. The van der Waals surface area contributed by atoms with Crippen LogP contribution >= 0.6 is 15.9 Å². The van der Waals surface area contributed by atoms with Crippen molar-refractivity contribution in [2.45, 2.75) is 20.0 Å². The largest absolute Gasteiger partial charge is 0.409 e. The minimum atomic E-state index is -0.412. The summed E-state index contributed by atoms with van der Waals surface area (Å²) in [5.74, 6) is -0.148.